The van der Waals surface area contributed by atoms with Gasteiger partial charge in [0.15, 0.2) is 0 Å². The minimum absolute atomic E-state index is 0.0710. The molecule has 0 aliphatic heterocycles. The van der Waals surface area contributed by atoms with Crippen molar-refractivity contribution in [3.63, 3.8) is 0 Å². The van der Waals surface area contributed by atoms with Crippen LogP contribution in [-0.4, -0.2) is 30.9 Å². The SMILES string of the molecule is CC(NCc1cc(Br)c(Cl)s1)C(=O)N(C)C. The molecule has 0 saturated carbocycles. The number of rotatable bonds is 4. The zero-order valence-corrected chi connectivity index (χ0v) is 12.5. The summed E-state index contributed by atoms with van der Waals surface area (Å²) in [4.78, 5) is 14.3. The van der Waals surface area contributed by atoms with E-state index in [-0.39, 0.29) is 11.9 Å². The Balaban J connectivity index is 2.48. The second-order valence-electron chi connectivity index (χ2n) is 3.67. The molecule has 0 aromatic carbocycles. The van der Waals surface area contributed by atoms with Crippen LogP contribution in [-0.2, 0) is 11.3 Å². The van der Waals surface area contributed by atoms with E-state index in [0.717, 1.165) is 13.7 Å². The summed E-state index contributed by atoms with van der Waals surface area (Å²) in [6.07, 6.45) is 0. The first-order valence-corrected chi connectivity index (χ1v) is 6.78. The standard InChI is InChI=1S/C10H14BrClN2OS/c1-6(10(15)14(2)3)13-5-7-4-8(11)9(12)16-7/h4,6,13H,5H2,1-3H3. The molecule has 0 saturated heterocycles. The highest BCUT2D eigenvalue weighted by atomic mass is 79.9. The first-order valence-electron chi connectivity index (χ1n) is 4.80. The average molecular weight is 326 g/mol. The van der Waals surface area contributed by atoms with E-state index in [0.29, 0.717) is 6.54 Å². The fourth-order valence-electron chi connectivity index (χ4n) is 1.21. The maximum Gasteiger partial charge on any atom is 0.238 e. The Morgan fingerprint density at radius 3 is 2.75 bits per heavy atom. The van der Waals surface area contributed by atoms with Crippen LogP contribution in [0.15, 0.2) is 10.5 Å². The molecule has 6 heteroatoms. The number of carbonyl (C=O) groups is 1. The van der Waals surface area contributed by atoms with Crippen LogP contribution in [0.1, 0.15) is 11.8 Å². The van der Waals surface area contributed by atoms with Gasteiger partial charge in [0.25, 0.3) is 0 Å². The highest BCUT2D eigenvalue weighted by molar-refractivity contribution is 9.10. The van der Waals surface area contributed by atoms with Gasteiger partial charge < -0.3 is 10.2 Å². The van der Waals surface area contributed by atoms with E-state index in [2.05, 4.69) is 21.2 Å². The van der Waals surface area contributed by atoms with Gasteiger partial charge in [0, 0.05) is 30.0 Å². The van der Waals surface area contributed by atoms with Gasteiger partial charge in [-0.2, -0.15) is 0 Å². The molecule has 0 spiro atoms. The molecule has 0 radical (unpaired) electrons. The summed E-state index contributed by atoms with van der Waals surface area (Å²) in [6, 6.07) is 1.78. The summed E-state index contributed by atoms with van der Waals surface area (Å²) in [6.45, 7) is 2.50. The lowest BCUT2D eigenvalue weighted by atomic mass is 10.3. The summed E-state index contributed by atoms with van der Waals surface area (Å²) in [7, 11) is 3.50. The van der Waals surface area contributed by atoms with E-state index < -0.39 is 0 Å². The predicted octanol–water partition coefficient (Wildman–Crippen LogP) is 2.73. The first kappa shape index (κ1) is 14.0. The monoisotopic (exact) mass is 324 g/mol. The zero-order valence-electron chi connectivity index (χ0n) is 9.38. The molecule has 1 aromatic rings. The minimum atomic E-state index is -0.186. The van der Waals surface area contributed by atoms with E-state index in [1.165, 1.54) is 11.3 Å². The molecule has 16 heavy (non-hydrogen) atoms. The number of hydrogen-bond donors (Lipinski definition) is 1. The van der Waals surface area contributed by atoms with E-state index in [4.69, 9.17) is 11.6 Å². The lowest BCUT2D eigenvalue weighted by Gasteiger charge is -2.17. The fourth-order valence-corrected chi connectivity index (χ4v) is 2.95. The average Bonchev–Trinajstić information content (AvgIpc) is 2.53. The van der Waals surface area contributed by atoms with Gasteiger partial charge in [-0.1, -0.05) is 11.6 Å². The lowest BCUT2D eigenvalue weighted by Crippen LogP contribution is -2.40. The van der Waals surface area contributed by atoms with Gasteiger partial charge in [-0.3, -0.25) is 4.79 Å². The number of amides is 1. The predicted molar refractivity (Wildman–Crippen MR) is 72.0 cm³/mol. The third kappa shape index (κ3) is 3.73. The topological polar surface area (TPSA) is 32.3 Å². The zero-order chi connectivity index (χ0) is 12.3. The van der Waals surface area contributed by atoms with Crippen LogP contribution in [0.4, 0.5) is 0 Å². The molecule has 3 nitrogen and oxygen atoms in total. The van der Waals surface area contributed by atoms with E-state index in [9.17, 15) is 4.79 Å². The van der Waals surface area contributed by atoms with Gasteiger partial charge in [-0.25, -0.2) is 0 Å². The second-order valence-corrected chi connectivity index (χ2v) is 6.26. The molecule has 1 N–H and O–H groups in total. The molecule has 1 heterocycles. The maximum absolute atomic E-state index is 11.6. The van der Waals surface area contributed by atoms with Crippen LogP contribution in [0.25, 0.3) is 0 Å². The highest BCUT2D eigenvalue weighted by Crippen LogP contribution is 2.31. The van der Waals surface area contributed by atoms with Crippen molar-refractivity contribution in [3.8, 4) is 0 Å². The van der Waals surface area contributed by atoms with E-state index >= 15 is 0 Å². The van der Waals surface area contributed by atoms with Crippen molar-refractivity contribution < 1.29 is 4.79 Å². The summed E-state index contributed by atoms with van der Waals surface area (Å²) >= 11 is 10.8. The number of nitrogens with zero attached hydrogens (tertiary/aromatic N) is 1. The molecule has 0 bridgehead atoms. The maximum atomic E-state index is 11.6. The number of nitrogens with one attached hydrogen (secondary N) is 1. The minimum Gasteiger partial charge on any atom is -0.347 e. The molecule has 1 atom stereocenters. The van der Waals surface area contributed by atoms with Gasteiger partial charge in [0.05, 0.1) is 6.04 Å². The van der Waals surface area contributed by atoms with E-state index in [1.54, 1.807) is 19.0 Å². The Labute approximate surface area is 113 Å². The van der Waals surface area contributed by atoms with Gasteiger partial charge in [0.1, 0.15) is 4.34 Å². The van der Waals surface area contributed by atoms with Crippen molar-refractivity contribution in [1.29, 1.82) is 0 Å². The molecule has 1 amide bonds. The number of hydrogen-bond acceptors (Lipinski definition) is 3. The Bertz CT molecular complexity index is 361. The largest absolute Gasteiger partial charge is 0.347 e. The third-order valence-corrected chi connectivity index (χ3v) is 4.56. The molecular weight excluding hydrogens is 312 g/mol. The molecule has 1 unspecified atom stereocenters. The van der Waals surface area contributed by atoms with Gasteiger partial charge in [-0.15, -0.1) is 11.3 Å². The Morgan fingerprint density at radius 1 is 1.69 bits per heavy atom. The number of carbonyl (C=O) groups excluding carboxylic acids is 1. The Hall–Kier alpha value is -0.100. The Kier molecular flexibility index (Phi) is 5.24. The van der Waals surface area contributed by atoms with Crippen molar-refractivity contribution in [2.24, 2.45) is 0 Å². The Morgan fingerprint density at radius 2 is 2.31 bits per heavy atom. The quantitative estimate of drug-likeness (QED) is 0.923. The number of halogens is 2. The summed E-state index contributed by atoms with van der Waals surface area (Å²) in [5, 5.41) is 3.16. The molecular formula is C10H14BrClN2OS. The second kappa shape index (κ2) is 6.00. The van der Waals surface area contributed by atoms with Gasteiger partial charge in [0.2, 0.25) is 5.91 Å². The molecule has 1 rings (SSSR count). The molecule has 0 aliphatic carbocycles. The highest BCUT2D eigenvalue weighted by Gasteiger charge is 2.14. The normalized spacial score (nSPS) is 12.6. The van der Waals surface area contributed by atoms with Crippen LogP contribution in [0.5, 0.6) is 0 Å². The molecule has 1 aromatic heterocycles. The van der Waals surface area contributed by atoms with Crippen LogP contribution in [0.3, 0.4) is 0 Å². The number of likely N-dealkylation sites (N-methyl/N-ethyl adjacent to an activating group) is 1. The molecule has 0 aliphatic rings. The van der Waals surface area contributed by atoms with Crippen molar-refractivity contribution in [1.82, 2.24) is 10.2 Å². The number of thiophene rings is 1. The summed E-state index contributed by atoms with van der Waals surface area (Å²) in [5.74, 6) is 0.0710. The van der Waals surface area contributed by atoms with Crippen LogP contribution < -0.4 is 5.32 Å². The van der Waals surface area contributed by atoms with Crippen LogP contribution >= 0.6 is 38.9 Å². The van der Waals surface area contributed by atoms with Crippen LogP contribution in [0, 0.1) is 0 Å². The smallest absolute Gasteiger partial charge is 0.238 e. The van der Waals surface area contributed by atoms with Gasteiger partial charge >= 0.3 is 0 Å². The first-order chi connectivity index (χ1) is 7.41. The lowest BCUT2D eigenvalue weighted by molar-refractivity contribution is -0.130. The van der Waals surface area contributed by atoms with Crippen molar-refractivity contribution in [3.05, 3.63) is 19.8 Å². The molecule has 0 fully saturated rings. The fraction of sp³-hybridized carbons (Fsp3) is 0.500. The molecule has 90 valence electrons. The summed E-state index contributed by atoms with van der Waals surface area (Å²) in [5.41, 5.74) is 0. The van der Waals surface area contributed by atoms with Gasteiger partial charge in [-0.05, 0) is 28.9 Å². The van der Waals surface area contributed by atoms with Crippen molar-refractivity contribution >= 4 is 44.8 Å². The van der Waals surface area contributed by atoms with Crippen molar-refractivity contribution in [2.45, 2.75) is 19.5 Å². The third-order valence-electron chi connectivity index (χ3n) is 2.09. The van der Waals surface area contributed by atoms with Crippen LogP contribution in [0.2, 0.25) is 4.34 Å². The van der Waals surface area contributed by atoms with E-state index in [1.807, 2.05) is 13.0 Å². The summed E-state index contributed by atoms with van der Waals surface area (Å²) < 4.78 is 1.64. The van der Waals surface area contributed by atoms with Crippen molar-refractivity contribution in [2.75, 3.05) is 14.1 Å².